The number of hydrogen-bond donors (Lipinski definition) is 1. The molecule has 3 atom stereocenters. The smallest absolute Gasteiger partial charge is 0.326 e. The predicted octanol–water partition coefficient (Wildman–Crippen LogP) is 3.33. The minimum atomic E-state index is -0.874. The van der Waals surface area contributed by atoms with Gasteiger partial charge in [-0.2, -0.15) is 0 Å². The van der Waals surface area contributed by atoms with E-state index in [1.807, 2.05) is 12.1 Å². The third kappa shape index (κ3) is 3.12. The summed E-state index contributed by atoms with van der Waals surface area (Å²) < 4.78 is 5.99. The number of carboxylic acids is 1. The van der Waals surface area contributed by atoms with Gasteiger partial charge in [0.25, 0.3) is 5.91 Å². The lowest BCUT2D eigenvalue weighted by Crippen LogP contribution is -2.43. The van der Waals surface area contributed by atoms with E-state index in [0.717, 1.165) is 32.1 Å². The van der Waals surface area contributed by atoms with Crippen LogP contribution in [-0.4, -0.2) is 40.6 Å². The Hall–Kier alpha value is -2.04. The Bertz CT molecular complexity index is 667. The highest BCUT2D eigenvalue weighted by Crippen LogP contribution is 2.42. The topological polar surface area (TPSA) is 66.8 Å². The Balaban J connectivity index is 1.52. The quantitative estimate of drug-likeness (QED) is 0.910. The number of benzene rings is 1. The minimum Gasteiger partial charge on any atom is -0.490 e. The van der Waals surface area contributed by atoms with Crippen LogP contribution >= 0.6 is 0 Å². The molecule has 1 N–H and O–H groups in total. The zero-order chi connectivity index (χ0) is 17.4. The fourth-order valence-electron chi connectivity index (χ4n) is 4.90. The number of ether oxygens (including phenoxy) is 1. The fourth-order valence-corrected chi connectivity index (χ4v) is 4.90. The van der Waals surface area contributed by atoms with Crippen molar-refractivity contribution in [2.45, 2.75) is 57.1 Å². The fraction of sp³-hybridized carbons (Fsp3) is 0.600. The zero-order valence-corrected chi connectivity index (χ0v) is 14.4. The van der Waals surface area contributed by atoms with Crippen molar-refractivity contribution in [1.29, 1.82) is 0 Å². The molecule has 0 aromatic heterocycles. The summed E-state index contributed by atoms with van der Waals surface area (Å²) in [6.45, 7) is 0.564. The number of nitrogens with zero attached hydrogens (tertiary/aromatic N) is 1. The lowest BCUT2D eigenvalue weighted by Gasteiger charge is -2.24. The van der Waals surface area contributed by atoms with Crippen molar-refractivity contribution in [3.63, 3.8) is 0 Å². The molecule has 1 amide bonds. The van der Waals surface area contributed by atoms with Crippen molar-refractivity contribution in [2.24, 2.45) is 11.8 Å². The lowest BCUT2D eigenvalue weighted by molar-refractivity contribution is -0.142. The second kappa shape index (κ2) is 6.70. The van der Waals surface area contributed by atoms with Gasteiger partial charge in [0.15, 0.2) is 0 Å². The third-order valence-corrected chi connectivity index (χ3v) is 6.09. The van der Waals surface area contributed by atoms with Crippen molar-refractivity contribution < 1.29 is 19.4 Å². The van der Waals surface area contributed by atoms with Crippen molar-refractivity contribution in [3.05, 3.63) is 29.8 Å². The maximum Gasteiger partial charge on any atom is 0.326 e. The van der Waals surface area contributed by atoms with E-state index in [4.69, 9.17) is 4.74 Å². The zero-order valence-electron chi connectivity index (χ0n) is 14.4. The molecule has 1 heterocycles. The number of carboxylic acid groups (broad SMARTS) is 1. The first-order valence-electron chi connectivity index (χ1n) is 9.44. The first-order valence-corrected chi connectivity index (χ1v) is 9.44. The molecule has 1 aromatic carbocycles. The van der Waals surface area contributed by atoms with Crippen LogP contribution in [0.4, 0.5) is 0 Å². The summed E-state index contributed by atoms with van der Waals surface area (Å²) in [5.41, 5.74) is 0.529. The molecule has 0 spiro atoms. The first-order chi connectivity index (χ1) is 12.1. The van der Waals surface area contributed by atoms with Crippen LogP contribution in [0.2, 0.25) is 0 Å². The number of carbonyl (C=O) groups excluding carboxylic acids is 1. The predicted molar refractivity (Wildman–Crippen MR) is 92.6 cm³/mol. The van der Waals surface area contributed by atoms with Gasteiger partial charge in [0.2, 0.25) is 0 Å². The summed E-state index contributed by atoms with van der Waals surface area (Å²) in [5.74, 6) is 0.103. The molecule has 3 aliphatic rings. The van der Waals surface area contributed by atoms with Crippen LogP contribution in [0.5, 0.6) is 5.75 Å². The van der Waals surface area contributed by atoms with Gasteiger partial charge >= 0.3 is 5.97 Å². The van der Waals surface area contributed by atoms with E-state index in [1.54, 1.807) is 17.0 Å². The van der Waals surface area contributed by atoms with E-state index in [1.165, 1.54) is 12.8 Å². The van der Waals surface area contributed by atoms with Crippen LogP contribution in [0.1, 0.15) is 55.3 Å². The van der Waals surface area contributed by atoms with Gasteiger partial charge in [0, 0.05) is 12.1 Å². The molecule has 134 valence electrons. The maximum atomic E-state index is 13.0. The number of fused-ring (bicyclic) bond motifs is 1. The van der Waals surface area contributed by atoms with Crippen LogP contribution in [0, 0.1) is 11.8 Å². The van der Waals surface area contributed by atoms with Gasteiger partial charge in [-0.15, -0.1) is 0 Å². The second-order valence-electron chi connectivity index (χ2n) is 7.65. The number of rotatable bonds is 4. The van der Waals surface area contributed by atoms with E-state index < -0.39 is 12.0 Å². The van der Waals surface area contributed by atoms with E-state index in [0.29, 0.717) is 23.8 Å². The number of amides is 1. The summed E-state index contributed by atoms with van der Waals surface area (Å²) in [5, 5.41) is 9.65. The summed E-state index contributed by atoms with van der Waals surface area (Å²) in [4.78, 5) is 26.3. The van der Waals surface area contributed by atoms with Gasteiger partial charge in [-0.05, 0) is 68.6 Å². The van der Waals surface area contributed by atoms with Crippen molar-refractivity contribution in [3.8, 4) is 5.75 Å². The van der Waals surface area contributed by atoms with E-state index in [2.05, 4.69) is 0 Å². The molecule has 3 fully saturated rings. The molecule has 0 radical (unpaired) electrons. The monoisotopic (exact) mass is 343 g/mol. The van der Waals surface area contributed by atoms with Gasteiger partial charge < -0.3 is 14.7 Å². The van der Waals surface area contributed by atoms with E-state index in [9.17, 15) is 14.7 Å². The Morgan fingerprint density at radius 3 is 2.64 bits per heavy atom. The summed E-state index contributed by atoms with van der Waals surface area (Å²) in [7, 11) is 0. The Morgan fingerprint density at radius 1 is 1.08 bits per heavy atom. The Kier molecular flexibility index (Phi) is 4.40. The van der Waals surface area contributed by atoms with Gasteiger partial charge in [0.05, 0.1) is 6.10 Å². The number of aliphatic carboxylic acids is 1. The molecule has 0 bridgehead atoms. The highest BCUT2D eigenvalue weighted by atomic mass is 16.5. The summed E-state index contributed by atoms with van der Waals surface area (Å²) >= 11 is 0. The van der Waals surface area contributed by atoms with Crippen LogP contribution in [0.3, 0.4) is 0 Å². The third-order valence-electron chi connectivity index (χ3n) is 6.09. The van der Waals surface area contributed by atoms with Crippen LogP contribution in [0.25, 0.3) is 0 Å². The van der Waals surface area contributed by atoms with Crippen molar-refractivity contribution >= 4 is 11.9 Å². The molecule has 1 aromatic rings. The molecule has 3 unspecified atom stereocenters. The average molecular weight is 343 g/mol. The molecule has 1 saturated heterocycles. The molecular formula is C20H25NO4. The SMILES string of the molecule is O=C(O)C1C2CCCC2CN1C(=O)c1cccc(OC2CCCC2)c1. The van der Waals surface area contributed by atoms with Crippen molar-refractivity contribution in [2.75, 3.05) is 6.54 Å². The van der Waals surface area contributed by atoms with E-state index in [-0.39, 0.29) is 17.9 Å². The van der Waals surface area contributed by atoms with Gasteiger partial charge in [-0.25, -0.2) is 4.79 Å². The molecule has 2 aliphatic carbocycles. The Morgan fingerprint density at radius 2 is 1.88 bits per heavy atom. The summed E-state index contributed by atoms with van der Waals surface area (Å²) in [6, 6.07) is 6.55. The Labute approximate surface area is 148 Å². The highest BCUT2D eigenvalue weighted by Gasteiger charge is 2.49. The molecule has 4 rings (SSSR count). The maximum absolute atomic E-state index is 13.0. The number of carbonyl (C=O) groups is 2. The molecule has 5 heteroatoms. The first kappa shape index (κ1) is 16.4. The van der Waals surface area contributed by atoms with E-state index >= 15 is 0 Å². The average Bonchev–Trinajstić information content (AvgIpc) is 3.30. The molecule has 2 saturated carbocycles. The van der Waals surface area contributed by atoms with Gasteiger partial charge in [-0.1, -0.05) is 12.5 Å². The second-order valence-corrected chi connectivity index (χ2v) is 7.65. The van der Waals surface area contributed by atoms with Crippen LogP contribution in [-0.2, 0) is 4.79 Å². The molecule has 1 aliphatic heterocycles. The molecule has 5 nitrogen and oxygen atoms in total. The van der Waals surface area contributed by atoms with Crippen LogP contribution < -0.4 is 4.74 Å². The minimum absolute atomic E-state index is 0.111. The normalized spacial score (nSPS) is 29.0. The number of likely N-dealkylation sites (tertiary alicyclic amines) is 1. The van der Waals surface area contributed by atoms with Gasteiger partial charge in [0.1, 0.15) is 11.8 Å². The lowest BCUT2D eigenvalue weighted by atomic mass is 9.94. The standard InChI is InChI=1S/C20H25NO4/c22-19(21-12-14-6-4-10-17(14)18(21)20(23)24)13-5-3-9-16(11-13)25-15-7-1-2-8-15/h3,5,9,11,14-15,17-18H,1-2,4,6-8,10,12H2,(H,23,24). The molecular weight excluding hydrogens is 318 g/mol. The summed E-state index contributed by atoms with van der Waals surface area (Å²) in [6.07, 6.45) is 7.78. The van der Waals surface area contributed by atoms with Crippen LogP contribution in [0.15, 0.2) is 24.3 Å². The largest absolute Gasteiger partial charge is 0.490 e. The number of hydrogen-bond acceptors (Lipinski definition) is 3. The highest BCUT2D eigenvalue weighted by molar-refractivity contribution is 5.97. The van der Waals surface area contributed by atoms with Gasteiger partial charge in [-0.3, -0.25) is 4.79 Å². The molecule has 25 heavy (non-hydrogen) atoms. The van der Waals surface area contributed by atoms with Crippen molar-refractivity contribution in [1.82, 2.24) is 4.90 Å².